The Morgan fingerprint density at radius 1 is 0.326 bits per heavy atom. The van der Waals surface area contributed by atoms with Crippen LogP contribution in [0.25, 0.3) is 32.3 Å². The van der Waals surface area contributed by atoms with Crippen molar-refractivity contribution < 1.29 is 38.9 Å². The first-order chi connectivity index (χ1) is 19.8. The Morgan fingerprint density at radius 2 is 0.535 bits per heavy atom. The summed E-state index contributed by atoms with van der Waals surface area (Å²) in [5.74, 6) is 0. The first kappa shape index (κ1) is 34.2. The van der Waals surface area contributed by atoms with E-state index in [4.69, 9.17) is 0 Å². The molecule has 0 saturated carbocycles. The molecule has 0 amide bonds. The number of benzene rings is 6. The minimum absolute atomic E-state index is 0. The zero-order valence-corrected chi connectivity index (χ0v) is 27.9. The average molecular weight is 831 g/mol. The second-order valence-electron chi connectivity index (χ2n) is 8.79. The number of fused-ring (bicyclic) bond motifs is 3. The largest absolute Gasteiger partial charge is 3.00 e. The van der Waals surface area contributed by atoms with Crippen LogP contribution in [0.5, 0.6) is 0 Å². The minimum atomic E-state index is -4.38. The van der Waals surface area contributed by atoms with Gasteiger partial charge in [0.15, 0.2) is 0 Å². The number of rotatable bonds is 3. The molecule has 0 aliphatic carbocycles. The van der Waals surface area contributed by atoms with Gasteiger partial charge in [-0.15, -0.1) is 0 Å². The van der Waals surface area contributed by atoms with E-state index < -0.39 is 30.4 Å². The maximum Gasteiger partial charge on any atom is 3.00 e. The zero-order valence-electron chi connectivity index (χ0n) is 22.0. The van der Waals surface area contributed by atoms with Crippen molar-refractivity contribution in [2.45, 2.75) is 14.7 Å². The second kappa shape index (κ2) is 14.0. The summed E-state index contributed by atoms with van der Waals surface area (Å²) in [6.45, 7) is 0. The van der Waals surface area contributed by atoms with Crippen LogP contribution in [0, 0.1) is 0 Å². The van der Waals surface area contributed by atoms with Crippen molar-refractivity contribution in [3.8, 4) is 0 Å². The van der Waals surface area contributed by atoms with Crippen molar-refractivity contribution in [1.82, 2.24) is 0 Å². The molecular formula is C30H21BiO9S3. The average Bonchev–Trinajstić information content (AvgIpc) is 2.95. The second-order valence-corrected chi connectivity index (χ2v) is 12.8. The molecule has 2 radical (unpaired) electrons. The molecule has 0 aliphatic rings. The summed E-state index contributed by atoms with van der Waals surface area (Å²) in [7, 11) is -13.1. The molecule has 0 heterocycles. The van der Waals surface area contributed by atoms with Gasteiger partial charge in [0.25, 0.3) is 0 Å². The Balaban J connectivity index is 0.000000175. The monoisotopic (exact) mass is 830 g/mol. The van der Waals surface area contributed by atoms with Crippen LogP contribution in [0.2, 0.25) is 0 Å². The van der Waals surface area contributed by atoms with Crippen LogP contribution in [-0.4, -0.2) is 65.1 Å². The van der Waals surface area contributed by atoms with E-state index in [9.17, 15) is 38.9 Å². The van der Waals surface area contributed by atoms with Crippen LogP contribution < -0.4 is 0 Å². The SMILES string of the molecule is O=S(=O)([O-])c1cccc2ccccc12.O=S(=O)([O-])c1cccc2ccccc12.O=S(=O)([O-])c1cccc2ccccc12.[Bi+3]. The summed E-state index contributed by atoms with van der Waals surface area (Å²) in [4.78, 5) is -0.471. The number of hydrogen-bond acceptors (Lipinski definition) is 9. The predicted octanol–water partition coefficient (Wildman–Crippen LogP) is 4.85. The first-order valence-corrected chi connectivity index (χ1v) is 16.3. The van der Waals surface area contributed by atoms with Gasteiger partial charge in [0.1, 0.15) is 30.4 Å². The normalized spacial score (nSPS) is 11.5. The molecule has 0 unspecified atom stereocenters. The predicted molar refractivity (Wildman–Crippen MR) is 161 cm³/mol. The van der Waals surface area contributed by atoms with Gasteiger partial charge in [0.2, 0.25) is 0 Å². The third-order valence-corrected chi connectivity index (χ3v) is 8.74. The summed E-state index contributed by atoms with van der Waals surface area (Å²) in [6.07, 6.45) is 0. The van der Waals surface area contributed by atoms with E-state index in [2.05, 4.69) is 0 Å². The summed E-state index contributed by atoms with van der Waals surface area (Å²) in [5, 5.41) is 3.69. The summed E-state index contributed by atoms with van der Waals surface area (Å²) < 4.78 is 98.0. The van der Waals surface area contributed by atoms with Gasteiger partial charge in [0.05, 0.1) is 14.7 Å². The molecule has 0 bridgehead atoms. The molecule has 218 valence electrons. The van der Waals surface area contributed by atoms with Gasteiger partial charge in [-0.25, -0.2) is 25.3 Å². The van der Waals surface area contributed by atoms with Crippen LogP contribution in [0.1, 0.15) is 0 Å². The topological polar surface area (TPSA) is 172 Å². The van der Waals surface area contributed by atoms with E-state index in [1.165, 1.54) is 18.2 Å². The maximum atomic E-state index is 10.9. The molecule has 6 aromatic rings. The molecule has 13 heteroatoms. The third kappa shape index (κ3) is 8.64. The van der Waals surface area contributed by atoms with Crippen LogP contribution >= 0.6 is 0 Å². The van der Waals surface area contributed by atoms with Gasteiger partial charge in [-0.1, -0.05) is 109 Å². The van der Waals surface area contributed by atoms with E-state index >= 15 is 0 Å². The molecule has 0 atom stereocenters. The Morgan fingerprint density at radius 3 is 0.767 bits per heavy atom. The van der Waals surface area contributed by atoms with E-state index in [-0.39, 0.29) is 40.9 Å². The molecule has 0 aromatic heterocycles. The molecular weight excluding hydrogens is 810 g/mol. The minimum Gasteiger partial charge on any atom is -0.744 e. The molecule has 0 fully saturated rings. The van der Waals surface area contributed by atoms with Gasteiger partial charge < -0.3 is 13.7 Å². The van der Waals surface area contributed by atoms with Crippen molar-refractivity contribution in [3.63, 3.8) is 0 Å². The van der Waals surface area contributed by atoms with Crippen molar-refractivity contribution in [2.24, 2.45) is 0 Å². The van der Waals surface area contributed by atoms with Crippen molar-refractivity contribution in [2.75, 3.05) is 0 Å². The fourth-order valence-corrected chi connectivity index (χ4v) is 6.34. The van der Waals surface area contributed by atoms with Gasteiger partial charge in [0, 0.05) is 0 Å². The smallest absolute Gasteiger partial charge is 0.744 e. The summed E-state index contributed by atoms with van der Waals surface area (Å²) in [5.41, 5.74) is 0. The van der Waals surface area contributed by atoms with Crippen molar-refractivity contribution in [3.05, 3.63) is 127 Å². The molecule has 0 aliphatic heterocycles. The van der Waals surface area contributed by atoms with Gasteiger partial charge in [-0.2, -0.15) is 0 Å². The van der Waals surface area contributed by atoms with Gasteiger partial charge in [-0.05, 0) is 50.5 Å². The van der Waals surface area contributed by atoms with Crippen LogP contribution in [0.4, 0.5) is 0 Å². The fourth-order valence-electron chi connectivity index (χ4n) is 4.24. The van der Waals surface area contributed by atoms with Gasteiger partial charge >= 0.3 is 26.2 Å². The van der Waals surface area contributed by atoms with E-state index in [0.29, 0.717) is 16.2 Å². The Kier molecular flexibility index (Phi) is 11.1. The molecule has 0 spiro atoms. The molecule has 43 heavy (non-hydrogen) atoms. The van der Waals surface area contributed by atoms with Gasteiger partial charge in [-0.3, -0.25) is 0 Å². The van der Waals surface area contributed by atoms with E-state index in [0.717, 1.165) is 16.2 Å². The van der Waals surface area contributed by atoms with Crippen LogP contribution in [0.3, 0.4) is 0 Å². The van der Waals surface area contributed by atoms with E-state index in [1.807, 2.05) is 0 Å². The molecule has 6 rings (SSSR count). The summed E-state index contributed by atoms with van der Waals surface area (Å²) >= 11 is 0. The molecule has 6 aromatic carbocycles. The Hall–Kier alpha value is -3.29. The Labute approximate surface area is 268 Å². The first-order valence-electron chi connectivity index (χ1n) is 12.1. The van der Waals surface area contributed by atoms with Crippen molar-refractivity contribution in [1.29, 1.82) is 0 Å². The maximum absolute atomic E-state index is 10.9. The molecule has 9 nitrogen and oxygen atoms in total. The quantitative estimate of drug-likeness (QED) is 0.179. The zero-order chi connectivity index (χ0) is 30.5. The standard InChI is InChI=1S/3C10H8O3S.Bi/c3*11-14(12,13)10-7-3-5-8-4-1-2-6-9(8)10;/h3*1-7H,(H,11,12,13);/q;;;+3/p-3. The summed E-state index contributed by atoms with van der Waals surface area (Å²) in [6, 6.07) is 34.6. The van der Waals surface area contributed by atoms with Crippen molar-refractivity contribution >= 4 is 88.9 Å². The molecule has 0 N–H and O–H groups in total. The number of hydrogen-bond donors (Lipinski definition) is 0. The third-order valence-electron chi connectivity index (χ3n) is 6.06. The molecule has 0 saturated heterocycles. The van der Waals surface area contributed by atoms with E-state index in [1.54, 1.807) is 109 Å². The fraction of sp³-hybridized carbons (Fsp3) is 0. The van der Waals surface area contributed by atoms with Crippen LogP contribution in [0.15, 0.2) is 142 Å². The Bertz CT molecular complexity index is 1960. The van der Waals surface area contributed by atoms with Crippen LogP contribution in [-0.2, 0) is 30.4 Å².